The molecule has 140 valence electrons. The summed E-state index contributed by atoms with van der Waals surface area (Å²) < 4.78 is 3.09. The Kier molecular flexibility index (Phi) is 6.70. The van der Waals surface area contributed by atoms with Crippen molar-refractivity contribution in [3.05, 3.63) is 63.6 Å². The van der Waals surface area contributed by atoms with Gasteiger partial charge in [-0.25, -0.2) is 4.68 Å². The van der Waals surface area contributed by atoms with Crippen LogP contribution in [0.4, 0.5) is 5.69 Å². The van der Waals surface area contributed by atoms with Crippen molar-refractivity contribution in [3.63, 3.8) is 0 Å². The zero-order valence-corrected chi connectivity index (χ0v) is 18.0. The first-order chi connectivity index (χ1) is 13.0. The molecule has 1 heterocycles. The molecular weight excluding hydrogens is 418 g/mol. The van der Waals surface area contributed by atoms with E-state index in [1.807, 2.05) is 61.2 Å². The fourth-order valence-corrected chi connectivity index (χ4v) is 4.92. The van der Waals surface area contributed by atoms with Gasteiger partial charge in [-0.05, 0) is 62.5 Å². The molecule has 2 aromatic carbocycles. The van der Waals surface area contributed by atoms with Gasteiger partial charge in [0, 0.05) is 16.8 Å². The van der Waals surface area contributed by atoms with Crippen LogP contribution in [-0.2, 0) is 4.79 Å². The molecule has 0 radical (unpaired) electrons. The first-order valence-electron chi connectivity index (χ1n) is 8.31. The number of halogens is 1. The Morgan fingerprint density at radius 3 is 2.52 bits per heavy atom. The van der Waals surface area contributed by atoms with E-state index < -0.39 is 0 Å². The zero-order chi connectivity index (χ0) is 19.4. The van der Waals surface area contributed by atoms with Crippen LogP contribution < -0.4 is 4.90 Å². The number of hydrogen-bond donors (Lipinski definition) is 0. The first kappa shape index (κ1) is 20.1. The summed E-state index contributed by atoms with van der Waals surface area (Å²) in [5.74, 6) is 0.344. The molecule has 0 saturated carbocycles. The van der Waals surface area contributed by atoms with Crippen LogP contribution in [-0.4, -0.2) is 27.5 Å². The Bertz CT molecular complexity index is 968. The largest absolute Gasteiger partial charge is 0.309 e. The number of para-hydroxylation sites is 1. The van der Waals surface area contributed by atoms with Crippen molar-refractivity contribution in [1.29, 1.82) is 0 Å². The number of carbonyl (C=O) groups excluding carboxylic acids is 1. The molecule has 8 heteroatoms. The maximum Gasteiger partial charge on any atom is 0.237 e. The van der Waals surface area contributed by atoms with Gasteiger partial charge in [-0.1, -0.05) is 52.9 Å². The molecule has 1 aromatic heterocycles. The topological polar surface area (TPSA) is 38.1 Å². The number of nitrogens with zero attached hydrogens (tertiary/aromatic N) is 3. The summed E-state index contributed by atoms with van der Waals surface area (Å²) in [5.41, 5.74) is 1.75. The van der Waals surface area contributed by atoms with Gasteiger partial charge in [-0.3, -0.25) is 4.79 Å². The average Bonchev–Trinajstić information content (AvgIpc) is 3.02. The fraction of sp³-hybridized carbons (Fsp3) is 0.211. The van der Waals surface area contributed by atoms with Crippen LogP contribution >= 0.6 is 46.9 Å². The lowest BCUT2D eigenvalue weighted by atomic mass is 10.2. The van der Waals surface area contributed by atoms with Gasteiger partial charge in [-0.15, -0.1) is 5.10 Å². The smallest absolute Gasteiger partial charge is 0.237 e. The van der Waals surface area contributed by atoms with Crippen molar-refractivity contribution in [3.8, 4) is 5.69 Å². The van der Waals surface area contributed by atoms with Gasteiger partial charge in [-0.2, -0.15) is 0 Å². The van der Waals surface area contributed by atoms with Crippen LogP contribution in [0.15, 0.2) is 58.9 Å². The number of hydrogen-bond acceptors (Lipinski definition) is 5. The first-order valence-corrected chi connectivity index (χ1v) is 10.9. The Morgan fingerprint density at radius 2 is 1.89 bits per heavy atom. The lowest BCUT2D eigenvalue weighted by molar-refractivity contribution is -0.116. The third-order valence-electron chi connectivity index (χ3n) is 3.74. The minimum atomic E-state index is 0.0420. The summed E-state index contributed by atoms with van der Waals surface area (Å²) >= 11 is 14.2. The number of carbonyl (C=O) groups is 1. The number of anilines is 1. The van der Waals surface area contributed by atoms with E-state index in [0.717, 1.165) is 15.7 Å². The van der Waals surface area contributed by atoms with Crippen LogP contribution in [0, 0.1) is 3.95 Å². The van der Waals surface area contributed by atoms with E-state index in [4.69, 9.17) is 23.8 Å². The van der Waals surface area contributed by atoms with E-state index in [0.29, 0.717) is 14.7 Å². The molecule has 0 N–H and O–H groups in total. The minimum absolute atomic E-state index is 0.0420. The molecule has 4 nitrogen and oxygen atoms in total. The summed E-state index contributed by atoms with van der Waals surface area (Å²) in [5, 5.41) is 5.20. The lowest BCUT2D eigenvalue weighted by Crippen LogP contribution is -2.38. The van der Waals surface area contributed by atoms with Gasteiger partial charge in [0.2, 0.25) is 5.91 Å². The van der Waals surface area contributed by atoms with E-state index in [2.05, 4.69) is 5.10 Å². The molecule has 0 fully saturated rings. The Balaban J connectivity index is 1.73. The quantitative estimate of drug-likeness (QED) is 0.359. The predicted octanol–water partition coefficient (Wildman–Crippen LogP) is 5.85. The van der Waals surface area contributed by atoms with Crippen LogP contribution in [0.25, 0.3) is 5.69 Å². The molecule has 1 amide bonds. The van der Waals surface area contributed by atoms with Crippen molar-refractivity contribution in [2.24, 2.45) is 0 Å². The number of benzene rings is 2. The summed E-state index contributed by atoms with van der Waals surface area (Å²) in [7, 11) is 0. The van der Waals surface area contributed by atoms with Gasteiger partial charge >= 0.3 is 0 Å². The monoisotopic (exact) mass is 435 g/mol. The van der Waals surface area contributed by atoms with E-state index in [1.54, 1.807) is 16.8 Å². The normalized spacial score (nSPS) is 11.0. The third kappa shape index (κ3) is 4.99. The highest BCUT2D eigenvalue weighted by Gasteiger charge is 2.19. The summed E-state index contributed by atoms with van der Waals surface area (Å²) in [6.07, 6.45) is 0. The average molecular weight is 436 g/mol. The number of amides is 1. The highest BCUT2D eigenvalue weighted by atomic mass is 35.5. The number of rotatable bonds is 6. The maximum absolute atomic E-state index is 12.8. The third-order valence-corrected chi connectivity index (χ3v) is 6.34. The number of aromatic nitrogens is 2. The summed E-state index contributed by atoms with van der Waals surface area (Å²) in [6, 6.07) is 17.1. The van der Waals surface area contributed by atoms with E-state index in [9.17, 15) is 4.79 Å². The molecule has 0 aliphatic rings. The van der Waals surface area contributed by atoms with Gasteiger partial charge < -0.3 is 4.90 Å². The maximum atomic E-state index is 12.8. The molecule has 0 spiro atoms. The predicted molar refractivity (Wildman–Crippen MR) is 117 cm³/mol. The molecule has 3 rings (SSSR count). The molecule has 0 bridgehead atoms. The molecule has 0 atom stereocenters. The Morgan fingerprint density at radius 1 is 1.22 bits per heavy atom. The van der Waals surface area contributed by atoms with Crippen molar-refractivity contribution in [2.75, 3.05) is 10.7 Å². The van der Waals surface area contributed by atoms with Crippen molar-refractivity contribution < 1.29 is 4.79 Å². The van der Waals surface area contributed by atoms with Gasteiger partial charge in [0.15, 0.2) is 8.29 Å². The van der Waals surface area contributed by atoms with Crippen molar-refractivity contribution in [2.45, 2.75) is 24.2 Å². The van der Waals surface area contributed by atoms with Crippen LogP contribution in [0.3, 0.4) is 0 Å². The zero-order valence-electron chi connectivity index (χ0n) is 14.8. The molecule has 0 unspecified atom stereocenters. The number of thioether (sulfide) groups is 1. The Hall–Kier alpha value is -1.67. The van der Waals surface area contributed by atoms with Crippen molar-refractivity contribution in [1.82, 2.24) is 9.78 Å². The van der Waals surface area contributed by atoms with Gasteiger partial charge in [0.25, 0.3) is 0 Å². The van der Waals surface area contributed by atoms with Crippen LogP contribution in [0.1, 0.15) is 13.8 Å². The van der Waals surface area contributed by atoms with Crippen LogP contribution in [0.5, 0.6) is 0 Å². The molecular formula is C19H18ClN3OS3. The SMILES string of the molecule is CC(C)N(C(=O)CSc1nn(-c2ccc(Cl)cc2)c(=S)s1)c1ccccc1. The fourth-order valence-electron chi connectivity index (χ4n) is 2.58. The minimum Gasteiger partial charge on any atom is -0.309 e. The van der Waals surface area contributed by atoms with E-state index >= 15 is 0 Å². The second-order valence-corrected chi connectivity index (χ2v) is 9.29. The second kappa shape index (κ2) is 9.01. The second-order valence-electron chi connectivity index (χ2n) is 6.00. The summed E-state index contributed by atoms with van der Waals surface area (Å²) in [4.78, 5) is 14.6. The standard InChI is InChI=1S/C19H18ClN3OS3/c1-13(2)22(15-6-4-3-5-7-15)17(24)12-26-18-21-23(19(25)27-18)16-10-8-14(20)9-11-16/h3-11,13H,12H2,1-2H3. The molecule has 0 aliphatic carbocycles. The Labute approximate surface area is 176 Å². The van der Waals surface area contributed by atoms with Crippen LogP contribution in [0.2, 0.25) is 5.02 Å². The van der Waals surface area contributed by atoms with Gasteiger partial charge in [0.1, 0.15) is 0 Å². The van der Waals surface area contributed by atoms with E-state index in [1.165, 1.54) is 23.1 Å². The molecule has 0 aliphatic heterocycles. The molecule has 3 aromatic rings. The highest BCUT2D eigenvalue weighted by molar-refractivity contribution is 8.01. The molecule has 27 heavy (non-hydrogen) atoms. The lowest BCUT2D eigenvalue weighted by Gasteiger charge is -2.26. The van der Waals surface area contributed by atoms with Crippen molar-refractivity contribution >= 4 is 58.5 Å². The highest BCUT2D eigenvalue weighted by Crippen LogP contribution is 2.26. The van der Waals surface area contributed by atoms with Gasteiger partial charge in [0.05, 0.1) is 11.4 Å². The molecule has 0 saturated heterocycles. The van der Waals surface area contributed by atoms with E-state index in [-0.39, 0.29) is 11.9 Å². The summed E-state index contributed by atoms with van der Waals surface area (Å²) in [6.45, 7) is 4.02.